The minimum absolute atomic E-state index is 0.0674. The summed E-state index contributed by atoms with van der Waals surface area (Å²) in [5.41, 5.74) is 0.748. The predicted molar refractivity (Wildman–Crippen MR) is 74.6 cm³/mol. The fraction of sp³-hybridized carbons (Fsp3) is 0.538. The SMILES string of the molecule is CC(C)(C)C(O)CCc1cccc([N+](=O)[O-])c1Br. The molecule has 0 amide bonds. The van der Waals surface area contributed by atoms with Crippen LogP contribution in [0.2, 0.25) is 0 Å². The molecule has 0 saturated carbocycles. The second-order valence-electron chi connectivity index (χ2n) is 5.43. The normalized spacial score (nSPS) is 13.4. The molecular weight excluding hydrogens is 298 g/mol. The van der Waals surface area contributed by atoms with E-state index in [4.69, 9.17) is 0 Å². The summed E-state index contributed by atoms with van der Waals surface area (Å²) >= 11 is 3.26. The van der Waals surface area contributed by atoms with Crippen molar-refractivity contribution in [2.45, 2.75) is 39.7 Å². The maximum Gasteiger partial charge on any atom is 0.283 e. The molecule has 0 aliphatic carbocycles. The Labute approximate surface area is 115 Å². The molecule has 0 spiro atoms. The van der Waals surface area contributed by atoms with Gasteiger partial charge < -0.3 is 5.11 Å². The van der Waals surface area contributed by atoms with Crippen LogP contribution in [0.15, 0.2) is 22.7 Å². The van der Waals surface area contributed by atoms with Crippen molar-refractivity contribution in [2.24, 2.45) is 5.41 Å². The van der Waals surface area contributed by atoms with E-state index < -0.39 is 11.0 Å². The van der Waals surface area contributed by atoms with E-state index in [1.165, 1.54) is 6.07 Å². The lowest BCUT2D eigenvalue weighted by molar-refractivity contribution is -0.385. The van der Waals surface area contributed by atoms with E-state index in [1.807, 2.05) is 26.8 Å². The van der Waals surface area contributed by atoms with Gasteiger partial charge in [0.15, 0.2) is 0 Å². The summed E-state index contributed by atoms with van der Waals surface area (Å²) in [6, 6.07) is 4.97. The van der Waals surface area contributed by atoms with Crippen molar-refractivity contribution in [1.82, 2.24) is 0 Å². The zero-order chi connectivity index (χ0) is 13.9. The third kappa shape index (κ3) is 3.78. The monoisotopic (exact) mass is 315 g/mol. The minimum Gasteiger partial charge on any atom is -0.393 e. The van der Waals surface area contributed by atoms with Gasteiger partial charge in [0.2, 0.25) is 0 Å². The summed E-state index contributed by atoms with van der Waals surface area (Å²) in [4.78, 5) is 10.4. The Hall–Kier alpha value is -0.940. The van der Waals surface area contributed by atoms with E-state index in [0.29, 0.717) is 17.3 Å². The van der Waals surface area contributed by atoms with Crippen LogP contribution in [-0.4, -0.2) is 16.1 Å². The van der Waals surface area contributed by atoms with Gasteiger partial charge in [0.25, 0.3) is 5.69 Å². The number of nitrogens with zero attached hydrogens (tertiary/aromatic N) is 1. The fourth-order valence-electron chi connectivity index (χ4n) is 1.63. The van der Waals surface area contributed by atoms with Crippen LogP contribution in [0.5, 0.6) is 0 Å². The first-order valence-electron chi connectivity index (χ1n) is 5.83. The first kappa shape index (κ1) is 15.1. The molecule has 5 heteroatoms. The highest BCUT2D eigenvalue weighted by molar-refractivity contribution is 9.10. The van der Waals surface area contributed by atoms with Crippen LogP contribution in [-0.2, 0) is 6.42 Å². The molecule has 1 aromatic carbocycles. The Morgan fingerprint density at radius 3 is 2.56 bits per heavy atom. The summed E-state index contributed by atoms with van der Waals surface area (Å²) in [7, 11) is 0. The van der Waals surface area contributed by atoms with Crippen LogP contribution in [0, 0.1) is 15.5 Å². The largest absolute Gasteiger partial charge is 0.393 e. The molecular formula is C13H18BrNO3. The molecule has 0 aromatic heterocycles. The molecule has 1 aromatic rings. The van der Waals surface area contributed by atoms with Gasteiger partial charge in [0.05, 0.1) is 15.5 Å². The molecule has 0 bridgehead atoms. The number of halogens is 1. The third-order valence-corrected chi connectivity index (χ3v) is 3.86. The van der Waals surface area contributed by atoms with E-state index in [0.717, 1.165) is 5.56 Å². The zero-order valence-electron chi connectivity index (χ0n) is 10.8. The Morgan fingerprint density at radius 1 is 1.44 bits per heavy atom. The van der Waals surface area contributed by atoms with E-state index >= 15 is 0 Å². The van der Waals surface area contributed by atoms with Gasteiger partial charge in [0.1, 0.15) is 0 Å². The summed E-state index contributed by atoms with van der Waals surface area (Å²) in [5, 5.41) is 20.8. The molecule has 1 unspecified atom stereocenters. The highest BCUT2D eigenvalue weighted by Gasteiger charge is 2.22. The lowest BCUT2D eigenvalue weighted by Gasteiger charge is -2.25. The van der Waals surface area contributed by atoms with Gasteiger partial charge in [-0.1, -0.05) is 32.9 Å². The predicted octanol–water partition coefficient (Wildman–Crippen LogP) is 3.70. The number of nitro groups is 1. The van der Waals surface area contributed by atoms with Gasteiger partial charge in [-0.15, -0.1) is 0 Å². The van der Waals surface area contributed by atoms with Gasteiger partial charge in [0, 0.05) is 6.07 Å². The Bertz CT molecular complexity index is 440. The standard InChI is InChI=1S/C13H18BrNO3/c1-13(2,3)11(16)8-7-9-5-4-6-10(12(9)14)15(17)18/h4-6,11,16H,7-8H2,1-3H3. The van der Waals surface area contributed by atoms with Gasteiger partial charge in [-0.05, 0) is 39.8 Å². The average molecular weight is 316 g/mol. The third-order valence-electron chi connectivity index (χ3n) is 2.94. The molecule has 0 fully saturated rings. The topological polar surface area (TPSA) is 63.4 Å². The van der Waals surface area contributed by atoms with Crippen molar-refractivity contribution in [1.29, 1.82) is 0 Å². The first-order chi connectivity index (χ1) is 8.23. The van der Waals surface area contributed by atoms with Crippen molar-refractivity contribution in [3.63, 3.8) is 0 Å². The number of aryl methyl sites for hydroxylation is 1. The van der Waals surface area contributed by atoms with Crippen molar-refractivity contribution in [2.75, 3.05) is 0 Å². The minimum atomic E-state index is -0.427. The lowest BCUT2D eigenvalue weighted by atomic mass is 9.86. The Balaban J connectivity index is 2.81. The van der Waals surface area contributed by atoms with Crippen LogP contribution in [0.3, 0.4) is 0 Å². The van der Waals surface area contributed by atoms with Gasteiger partial charge in [-0.25, -0.2) is 0 Å². The molecule has 0 aliphatic rings. The number of aliphatic hydroxyl groups is 1. The first-order valence-corrected chi connectivity index (χ1v) is 6.62. The molecule has 0 saturated heterocycles. The fourth-order valence-corrected chi connectivity index (χ4v) is 2.23. The summed E-state index contributed by atoms with van der Waals surface area (Å²) in [6.45, 7) is 5.92. The van der Waals surface area contributed by atoms with Gasteiger partial charge in [-0.3, -0.25) is 10.1 Å². The summed E-state index contributed by atoms with van der Waals surface area (Å²) in [6.07, 6.45) is 0.771. The maximum absolute atomic E-state index is 10.8. The van der Waals surface area contributed by atoms with Crippen LogP contribution in [0.25, 0.3) is 0 Å². The smallest absolute Gasteiger partial charge is 0.283 e. The molecule has 4 nitrogen and oxygen atoms in total. The molecule has 1 atom stereocenters. The molecule has 1 rings (SSSR count). The van der Waals surface area contributed by atoms with Crippen LogP contribution in [0.1, 0.15) is 32.8 Å². The number of benzene rings is 1. The van der Waals surface area contributed by atoms with Crippen molar-refractivity contribution < 1.29 is 10.0 Å². The van der Waals surface area contributed by atoms with Gasteiger partial charge in [-0.2, -0.15) is 0 Å². The van der Waals surface area contributed by atoms with E-state index in [-0.39, 0.29) is 11.1 Å². The molecule has 0 aliphatic heterocycles. The van der Waals surface area contributed by atoms with E-state index in [1.54, 1.807) is 6.07 Å². The van der Waals surface area contributed by atoms with Crippen molar-refractivity contribution >= 4 is 21.6 Å². The number of nitro benzene ring substituents is 1. The summed E-state index contributed by atoms with van der Waals surface area (Å²) < 4.78 is 0.510. The van der Waals surface area contributed by atoms with Crippen molar-refractivity contribution in [3.05, 3.63) is 38.3 Å². The molecule has 18 heavy (non-hydrogen) atoms. The Morgan fingerprint density at radius 2 is 2.06 bits per heavy atom. The number of aliphatic hydroxyl groups excluding tert-OH is 1. The quantitative estimate of drug-likeness (QED) is 0.680. The summed E-state index contributed by atoms with van der Waals surface area (Å²) in [5.74, 6) is 0. The van der Waals surface area contributed by atoms with E-state index in [2.05, 4.69) is 15.9 Å². The van der Waals surface area contributed by atoms with E-state index in [9.17, 15) is 15.2 Å². The number of hydrogen-bond donors (Lipinski definition) is 1. The van der Waals surface area contributed by atoms with Gasteiger partial charge >= 0.3 is 0 Å². The number of rotatable bonds is 4. The highest BCUT2D eigenvalue weighted by atomic mass is 79.9. The lowest BCUT2D eigenvalue weighted by Crippen LogP contribution is -2.26. The molecule has 1 N–H and O–H groups in total. The van der Waals surface area contributed by atoms with Crippen LogP contribution >= 0.6 is 15.9 Å². The molecule has 100 valence electrons. The van der Waals surface area contributed by atoms with Crippen molar-refractivity contribution in [3.8, 4) is 0 Å². The van der Waals surface area contributed by atoms with Crippen LogP contribution < -0.4 is 0 Å². The van der Waals surface area contributed by atoms with Crippen LogP contribution in [0.4, 0.5) is 5.69 Å². The maximum atomic E-state index is 10.8. The average Bonchev–Trinajstić information content (AvgIpc) is 2.25. The zero-order valence-corrected chi connectivity index (χ0v) is 12.4. The second-order valence-corrected chi connectivity index (χ2v) is 6.22. The highest BCUT2D eigenvalue weighted by Crippen LogP contribution is 2.30. The molecule has 0 radical (unpaired) electrons. The second kappa shape index (κ2) is 5.80. The molecule has 0 heterocycles. The number of hydrogen-bond acceptors (Lipinski definition) is 3. The Kier molecular flexibility index (Phi) is 4.87.